The fourth-order valence-corrected chi connectivity index (χ4v) is 4.32. The van der Waals surface area contributed by atoms with Crippen molar-refractivity contribution in [2.45, 2.75) is 43.8 Å². The lowest BCUT2D eigenvalue weighted by Gasteiger charge is -2.40. The van der Waals surface area contributed by atoms with Gasteiger partial charge in [0.25, 0.3) is 0 Å². The monoisotopic (exact) mass is 292 g/mol. The van der Waals surface area contributed by atoms with E-state index in [9.17, 15) is 4.39 Å². The summed E-state index contributed by atoms with van der Waals surface area (Å²) in [5, 5.41) is 3.41. The molecule has 1 N–H and O–H groups in total. The molecule has 4 heteroatoms. The van der Waals surface area contributed by atoms with Crippen molar-refractivity contribution >= 4 is 0 Å². The number of fused-ring (bicyclic) bond motifs is 2. The van der Waals surface area contributed by atoms with E-state index >= 15 is 0 Å². The van der Waals surface area contributed by atoms with Crippen LogP contribution < -0.4 is 10.1 Å². The van der Waals surface area contributed by atoms with Gasteiger partial charge in [-0.15, -0.1) is 0 Å². The molecular weight excluding hydrogens is 267 g/mol. The summed E-state index contributed by atoms with van der Waals surface area (Å²) >= 11 is 0. The number of nitrogens with one attached hydrogen (secondary N) is 1. The van der Waals surface area contributed by atoms with Crippen LogP contribution in [-0.2, 0) is 0 Å². The Morgan fingerprint density at radius 3 is 2.52 bits per heavy atom. The van der Waals surface area contributed by atoms with Gasteiger partial charge in [0.05, 0.1) is 7.11 Å². The average molecular weight is 292 g/mol. The van der Waals surface area contributed by atoms with E-state index in [1.807, 2.05) is 7.05 Å². The predicted molar refractivity (Wildman–Crippen MR) is 82.0 cm³/mol. The van der Waals surface area contributed by atoms with Crippen molar-refractivity contribution in [2.75, 3.05) is 21.2 Å². The minimum absolute atomic E-state index is 0.160. The maximum atomic E-state index is 13.7. The summed E-state index contributed by atoms with van der Waals surface area (Å²) in [6, 6.07) is 6.35. The molecule has 3 nitrogen and oxygen atoms in total. The van der Waals surface area contributed by atoms with Gasteiger partial charge in [0, 0.05) is 23.7 Å². The van der Waals surface area contributed by atoms with E-state index in [1.54, 1.807) is 19.2 Å². The van der Waals surface area contributed by atoms with Gasteiger partial charge in [-0.25, -0.2) is 4.39 Å². The molecule has 0 saturated carbocycles. The summed E-state index contributed by atoms with van der Waals surface area (Å²) in [4.78, 5) is 2.53. The van der Waals surface area contributed by atoms with Gasteiger partial charge in [-0.2, -0.15) is 0 Å². The summed E-state index contributed by atoms with van der Waals surface area (Å²) in [5.41, 5.74) is 0.953. The molecule has 116 valence electrons. The molecule has 3 rings (SSSR count). The zero-order valence-electron chi connectivity index (χ0n) is 13.1. The average Bonchev–Trinajstić information content (AvgIpc) is 2.70. The first-order chi connectivity index (χ1) is 10.1. The van der Waals surface area contributed by atoms with Gasteiger partial charge in [0.2, 0.25) is 0 Å². The van der Waals surface area contributed by atoms with Crippen LogP contribution in [0.25, 0.3) is 0 Å². The topological polar surface area (TPSA) is 24.5 Å². The Balaban J connectivity index is 1.87. The van der Waals surface area contributed by atoms with Crippen LogP contribution in [0.3, 0.4) is 0 Å². The highest BCUT2D eigenvalue weighted by Gasteiger charge is 2.41. The summed E-state index contributed by atoms with van der Waals surface area (Å²) < 4.78 is 19.1. The number of benzene rings is 1. The molecule has 1 aromatic carbocycles. The lowest BCUT2D eigenvalue weighted by atomic mass is 9.82. The molecule has 3 unspecified atom stereocenters. The molecule has 2 saturated heterocycles. The fraction of sp³-hybridized carbons (Fsp3) is 0.647. The van der Waals surface area contributed by atoms with Crippen molar-refractivity contribution < 1.29 is 9.13 Å². The van der Waals surface area contributed by atoms with E-state index in [1.165, 1.54) is 31.7 Å². The van der Waals surface area contributed by atoms with E-state index in [4.69, 9.17) is 4.74 Å². The summed E-state index contributed by atoms with van der Waals surface area (Å²) in [6.45, 7) is 0. The molecule has 0 radical (unpaired) electrons. The largest absolute Gasteiger partial charge is 0.496 e. The van der Waals surface area contributed by atoms with Crippen molar-refractivity contribution in [3.63, 3.8) is 0 Å². The molecule has 0 amide bonds. The third-order valence-electron chi connectivity index (χ3n) is 5.44. The van der Waals surface area contributed by atoms with Crippen LogP contribution in [0.1, 0.15) is 37.3 Å². The molecule has 2 aliphatic heterocycles. The van der Waals surface area contributed by atoms with E-state index in [-0.39, 0.29) is 11.9 Å². The molecule has 0 spiro atoms. The SMILES string of the molecule is CNC(c1cc(F)ccc1OC)C1CC2CCC(C1)N2C. The second kappa shape index (κ2) is 5.93. The van der Waals surface area contributed by atoms with Crippen LogP contribution in [0.5, 0.6) is 5.75 Å². The molecule has 2 bridgehead atoms. The highest BCUT2D eigenvalue weighted by molar-refractivity contribution is 5.37. The summed E-state index contributed by atoms with van der Waals surface area (Å²) in [7, 11) is 5.87. The number of methoxy groups -OCH3 is 1. The van der Waals surface area contributed by atoms with Crippen LogP contribution >= 0.6 is 0 Å². The van der Waals surface area contributed by atoms with Crippen molar-refractivity contribution in [3.8, 4) is 5.75 Å². The van der Waals surface area contributed by atoms with Gasteiger partial charge in [-0.05, 0) is 63.9 Å². The second-order valence-corrected chi connectivity index (χ2v) is 6.43. The lowest BCUT2D eigenvalue weighted by molar-refractivity contribution is 0.113. The molecule has 0 aromatic heterocycles. The normalized spacial score (nSPS) is 30.4. The van der Waals surface area contributed by atoms with E-state index in [2.05, 4.69) is 17.3 Å². The molecule has 3 atom stereocenters. The Morgan fingerprint density at radius 1 is 1.29 bits per heavy atom. The predicted octanol–water partition coefficient (Wildman–Crippen LogP) is 2.97. The number of rotatable bonds is 4. The highest BCUT2D eigenvalue weighted by atomic mass is 19.1. The number of halogens is 1. The number of hydrogen-bond donors (Lipinski definition) is 1. The Hall–Kier alpha value is -1.13. The highest BCUT2D eigenvalue weighted by Crippen LogP contribution is 2.44. The van der Waals surface area contributed by atoms with Crippen LogP contribution in [0.2, 0.25) is 0 Å². The molecule has 1 aromatic rings. The first-order valence-electron chi connectivity index (χ1n) is 7.86. The molecular formula is C17H25FN2O. The van der Waals surface area contributed by atoms with Gasteiger partial charge in [-0.1, -0.05) is 0 Å². The van der Waals surface area contributed by atoms with E-state index in [0.29, 0.717) is 18.0 Å². The third kappa shape index (κ3) is 2.67. The van der Waals surface area contributed by atoms with Crippen molar-refractivity contribution in [1.29, 1.82) is 0 Å². The van der Waals surface area contributed by atoms with Crippen molar-refractivity contribution in [3.05, 3.63) is 29.6 Å². The number of piperidine rings is 1. The molecule has 2 fully saturated rings. The van der Waals surface area contributed by atoms with Gasteiger partial charge >= 0.3 is 0 Å². The second-order valence-electron chi connectivity index (χ2n) is 6.43. The maximum absolute atomic E-state index is 13.7. The van der Waals surface area contributed by atoms with E-state index < -0.39 is 0 Å². The third-order valence-corrected chi connectivity index (χ3v) is 5.44. The van der Waals surface area contributed by atoms with Crippen molar-refractivity contribution in [2.24, 2.45) is 5.92 Å². The zero-order valence-corrected chi connectivity index (χ0v) is 13.1. The van der Waals surface area contributed by atoms with Gasteiger partial charge < -0.3 is 15.0 Å². The first kappa shape index (κ1) is 14.8. The summed E-state index contributed by atoms with van der Waals surface area (Å²) in [5.74, 6) is 1.13. The van der Waals surface area contributed by atoms with Crippen LogP contribution in [0.4, 0.5) is 4.39 Å². The Kier molecular flexibility index (Phi) is 4.18. The fourth-order valence-electron chi connectivity index (χ4n) is 4.32. The summed E-state index contributed by atoms with van der Waals surface area (Å²) in [6.07, 6.45) is 4.96. The minimum Gasteiger partial charge on any atom is -0.496 e. The standard InChI is InChI=1S/C17H25FN2O/c1-19-17(15-10-12(18)4-7-16(15)21-3)11-8-13-5-6-14(9-11)20(13)2/h4,7,10-11,13-14,17,19H,5-6,8-9H2,1-3H3. The Labute approximate surface area is 126 Å². The number of ether oxygens (including phenoxy) is 1. The molecule has 0 aliphatic carbocycles. The smallest absolute Gasteiger partial charge is 0.123 e. The van der Waals surface area contributed by atoms with E-state index in [0.717, 1.165) is 11.3 Å². The van der Waals surface area contributed by atoms with Gasteiger partial charge in [0.1, 0.15) is 11.6 Å². The quantitative estimate of drug-likeness (QED) is 0.923. The minimum atomic E-state index is -0.193. The van der Waals surface area contributed by atoms with Crippen LogP contribution in [0.15, 0.2) is 18.2 Å². The first-order valence-corrected chi connectivity index (χ1v) is 7.86. The Morgan fingerprint density at radius 2 is 1.95 bits per heavy atom. The van der Waals surface area contributed by atoms with Gasteiger partial charge in [0.15, 0.2) is 0 Å². The van der Waals surface area contributed by atoms with Gasteiger partial charge in [-0.3, -0.25) is 0 Å². The van der Waals surface area contributed by atoms with Crippen molar-refractivity contribution in [1.82, 2.24) is 10.2 Å². The zero-order chi connectivity index (χ0) is 15.0. The number of hydrogen-bond acceptors (Lipinski definition) is 3. The lowest BCUT2D eigenvalue weighted by Crippen LogP contribution is -2.43. The molecule has 2 aliphatic rings. The maximum Gasteiger partial charge on any atom is 0.123 e. The van der Waals surface area contributed by atoms with Crippen LogP contribution in [0, 0.1) is 11.7 Å². The van der Waals surface area contributed by atoms with Crippen LogP contribution in [-0.4, -0.2) is 38.2 Å². The number of nitrogens with zero attached hydrogens (tertiary/aromatic N) is 1. The Bertz CT molecular complexity index is 494. The molecule has 21 heavy (non-hydrogen) atoms. The molecule has 2 heterocycles.